The molecule has 3 aromatic heterocycles. The number of aromatic nitrogens is 1. The molecule has 1 aliphatic rings. The number of hydrogen-bond acceptors (Lipinski definition) is 7. The molecule has 0 saturated heterocycles. The number of thiophene rings is 2. The highest BCUT2D eigenvalue weighted by Gasteiger charge is 2.32. The van der Waals surface area contributed by atoms with Gasteiger partial charge in [0.1, 0.15) is 17.7 Å². The van der Waals surface area contributed by atoms with Gasteiger partial charge in [-0.15, -0.1) is 22.7 Å². The van der Waals surface area contributed by atoms with Crippen molar-refractivity contribution in [3.63, 3.8) is 0 Å². The number of oxazole rings is 1. The molecule has 0 atom stereocenters. The second kappa shape index (κ2) is 6.68. The summed E-state index contributed by atoms with van der Waals surface area (Å²) in [6.07, 6.45) is 1.71. The van der Waals surface area contributed by atoms with Crippen LogP contribution in [0.1, 0.15) is 20.8 Å². The van der Waals surface area contributed by atoms with Crippen LogP contribution in [0.3, 0.4) is 0 Å². The normalized spacial score (nSPS) is 14.2. The van der Waals surface area contributed by atoms with Gasteiger partial charge >= 0.3 is 0 Å². The van der Waals surface area contributed by atoms with Gasteiger partial charge in [0.15, 0.2) is 16.2 Å². The SMILES string of the molecule is N#CC(C#N)=C1/C(=C/c2cc3oc(-c4cccs4)nc3s2)C(=O)c2ccccc21. The Morgan fingerprint density at radius 1 is 1.10 bits per heavy atom. The van der Waals surface area contributed by atoms with E-state index in [-0.39, 0.29) is 11.4 Å². The van der Waals surface area contributed by atoms with E-state index in [0.29, 0.717) is 33.7 Å². The number of ketones is 1. The monoisotopic (exact) mass is 411 g/mol. The minimum atomic E-state index is -0.198. The standard InChI is InChI=1S/C22H9N3O2S2/c23-10-12(11-24)19-14-4-1-2-5-15(14)20(26)16(19)8-13-9-17-22(29-13)25-21(27-17)18-6-3-7-28-18/h1-9H/b16-8-. The van der Waals surface area contributed by atoms with Gasteiger partial charge in [0, 0.05) is 27.7 Å². The van der Waals surface area contributed by atoms with E-state index in [1.54, 1.807) is 41.7 Å². The van der Waals surface area contributed by atoms with E-state index in [1.807, 2.05) is 35.7 Å². The van der Waals surface area contributed by atoms with E-state index in [9.17, 15) is 15.3 Å². The van der Waals surface area contributed by atoms with Gasteiger partial charge < -0.3 is 4.42 Å². The lowest BCUT2D eigenvalue weighted by Gasteiger charge is -2.00. The summed E-state index contributed by atoms with van der Waals surface area (Å²) in [6, 6.07) is 16.6. The lowest BCUT2D eigenvalue weighted by atomic mass is 9.99. The molecule has 0 saturated carbocycles. The van der Waals surface area contributed by atoms with Gasteiger partial charge in [-0.3, -0.25) is 4.79 Å². The number of Topliss-reactive ketones (excluding diaryl/α,β-unsaturated/α-hetero) is 1. The van der Waals surface area contributed by atoms with Crippen molar-refractivity contribution < 1.29 is 9.21 Å². The van der Waals surface area contributed by atoms with Gasteiger partial charge in [0.2, 0.25) is 5.89 Å². The van der Waals surface area contributed by atoms with Crippen LogP contribution in [0.5, 0.6) is 0 Å². The smallest absolute Gasteiger partial charge is 0.238 e. The third-order valence-corrected chi connectivity index (χ3v) is 6.37. The molecule has 1 aromatic carbocycles. The van der Waals surface area contributed by atoms with Crippen LogP contribution >= 0.6 is 22.7 Å². The van der Waals surface area contributed by atoms with Crippen LogP contribution in [0.4, 0.5) is 0 Å². The Morgan fingerprint density at radius 3 is 2.59 bits per heavy atom. The van der Waals surface area contributed by atoms with Crippen LogP contribution in [0.15, 0.2) is 63.4 Å². The first-order chi connectivity index (χ1) is 14.2. The molecule has 0 N–H and O–H groups in total. The van der Waals surface area contributed by atoms with E-state index in [0.717, 1.165) is 14.6 Å². The summed E-state index contributed by atoms with van der Waals surface area (Å²) in [5.41, 5.74) is 2.39. The topological polar surface area (TPSA) is 90.7 Å². The van der Waals surface area contributed by atoms with Crippen molar-refractivity contribution in [2.75, 3.05) is 0 Å². The molecule has 5 rings (SSSR count). The summed E-state index contributed by atoms with van der Waals surface area (Å²) in [7, 11) is 0. The molecule has 29 heavy (non-hydrogen) atoms. The highest BCUT2D eigenvalue weighted by Crippen LogP contribution is 2.41. The Kier molecular flexibility index (Phi) is 3.99. The molecule has 0 fully saturated rings. The van der Waals surface area contributed by atoms with Crippen molar-refractivity contribution >= 4 is 50.5 Å². The van der Waals surface area contributed by atoms with Crippen LogP contribution in [0, 0.1) is 22.7 Å². The molecular formula is C22H9N3O2S2. The largest absolute Gasteiger partial charge is 0.434 e. The third kappa shape index (κ3) is 2.73. The van der Waals surface area contributed by atoms with Crippen molar-refractivity contribution in [2.24, 2.45) is 0 Å². The Hall–Kier alpha value is -3.78. The van der Waals surface area contributed by atoms with E-state index in [4.69, 9.17) is 4.42 Å². The van der Waals surface area contributed by atoms with E-state index in [2.05, 4.69) is 4.98 Å². The molecule has 0 unspecified atom stereocenters. The average Bonchev–Trinajstić information content (AvgIpc) is 3.49. The van der Waals surface area contributed by atoms with Crippen LogP contribution < -0.4 is 0 Å². The predicted molar refractivity (Wildman–Crippen MR) is 112 cm³/mol. The Bertz CT molecular complexity index is 1390. The average molecular weight is 411 g/mol. The number of hydrogen-bond donors (Lipinski definition) is 0. The Morgan fingerprint density at radius 2 is 1.90 bits per heavy atom. The summed E-state index contributed by atoms with van der Waals surface area (Å²) in [5, 5.41) is 20.7. The second-order valence-corrected chi connectivity index (χ2v) is 8.23. The van der Waals surface area contributed by atoms with Crippen LogP contribution in [0.25, 0.3) is 32.8 Å². The molecule has 136 valence electrons. The van der Waals surface area contributed by atoms with Crippen molar-refractivity contribution in [1.82, 2.24) is 4.98 Å². The predicted octanol–water partition coefficient (Wildman–Crippen LogP) is 5.70. The fraction of sp³-hybridized carbons (Fsp3) is 0. The van der Waals surface area contributed by atoms with Gasteiger partial charge in [-0.1, -0.05) is 30.3 Å². The fourth-order valence-electron chi connectivity index (χ4n) is 3.32. The number of carbonyl (C=O) groups is 1. The van der Waals surface area contributed by atoms with Crippen molar-refractivity contribution in [2.45, 2.75) is 0 Å². The number of carbonyl (C=O) groups excluding carboxylic acids is 1. The minimum Gasteiger partial charge on any atom is -0.434 e. The maximum absolute atomic E-state index is 13.0. The number of nitrogens with zero attached hydrogens (tertiary/aromatic N) is 3. The second-order valence-electron chi connectivity index (χ2n) is 6.22. The maximum Gasteiger partial charge on any atom is 0.238 e. The number of rotatable bonds is 2. The molecule has 1 aliphatic carbocycles. The number of benzene rings is 1. The summed E-state index contributed by atoms with van der Waals surface area (Å²) in [6.45, 7) is 0. The fourth-order valence-corrected chi connectivity index (χ4v) is 4.86. The highest BCUT2D eigenvalue weighted by molar-refractivity contribution is 7.19. The molecular weight excluding hydrogens is 402 g/mol. The van der Waals surface area contributed by atoms with Gasteiger partial charge in [0.05, 0.1) is 4.88 Å². The first-order valence-electron chi connectivity index (χ1n) is 8.54. The zero-order valence-electron chi connectivity index (χ0n) is 14.7. The molecule has 4 aromatic rings. The lowest BCUT2D eigenvalue weighted by molar-refractivity contribution is 0.104. The van der Waals surface area contributed by atoms with Crippen LogP contribution in [-0.2, 0) is 0 Å². The van der Waals surface area contributed by atoms with Gasteiger partial charge in [-0.25, -0.2) is 0 Å². The molecule has 0 amide bonds. The van der Waals surface area contributed by atoms with Crippen molar-refractivity contribution in [3.8, 4) is 22.9 Å². The first kappa shape index (κ1) is 17.3. The Labute approximate surface area is 173 Å². The quantitative estimate of drug-likeness (QED) is 0.312. The molecule has 7 heteroatoms. The summed E-state index contributed by atoms with van der Waals surface area (Å²) in [5.74, 6) is 0.373. The van der Waals surface area contributed by atoms with Gasteiger partial charge in [0.25, 0.3) is 0 Å². The van der Waals surface area contributed by atoms with Gasteiger partial charge in [-0.05, 0) is 23.1 Å². The van der Waals surface area contributed by atoms with E-state index in [1.165, 1.54) is 11.3 Å². The number of allylic oxidation sites excluding steroid dienone is 3. The zero-order chi connectivity index (χ0) is 20.0. The highest BCUT2D eigenvalue weighted by atomic mass is 32.1. The Balaban J connectivity index is 1.63. The maximum atomic E-state index is 13.0. The van der Waals surface area contributed by atoms with Crippen LogP contribution in [0.2, 0.25) is 0 Å². The third-order valence-electron chi connectivity index (χ3n) is 4.56. The van der Waals surface area contributed by atoms with Gasteiger partial charge in [-0.2, -0.15) is 15.5 Å². The van der Waals surface area contributed by atoms with E-state index >= 15 is 0 Å². The molecule has 3 heterocycles. The number of nitriles is 2. The molecule has 0 aliphatic heterocycles. The molecule has 5 nitrogen and oxygen atoms in total. The zero-order valence-corrected chi connectivity index (χ0v) is 16.3. The molecule has 0 bridgehead atoms. The molecule has 0 radical (unpaired) electrons. The summed E-state index contributed by atoms with van der Waals surface area (Å²) < 4.78 is 5.84. The van der Waals surface area contributed by atoms with Crippen LogP contribution in [-0.4, -0.2) is 10.8 Å². The van der Waals surface area contributed by atoms with E-state index < -0.39 is 0 Å². The summed E-state index contributed by atoms with van der Waals surface area (Å²) in [4.78, 5) is 19.9. The first-order valence-corrected chi connectivity index (χ1v) is 10.2. The summed E-state index contributed by atoms with van der Waals surface area (Å²) >= 11 is 2.95. The molecule has 0 spiro atoms. The van der Waals surface area contributed by atoms with Crippen molar-refractivity contribution in [1.29, 1.82) is 10.5 Å². The lowest BCUT2D eigenvalue weighted by Crippen LogP contribution is -1.95. The van der Waals surface area contributed by atoms with Crippen molar-refractivity contribution in [3.05, 3.63) is 75.0 Å². The number of fused-ring (bicyclic) bond motifs is 2. The minimum absolute atomic E-state index is 0.0760.